The van der Waals surface area contributed by atoms with E-state index >= 15 is 0 Å². The molecule has 0 fully saturated rings. The highest BCUT2D eigenvalue weighted by molar-refractivity contribution is 5.99. The number of hydrogen-bond acceptors (Lipinski definition) is 4. The summed E-state index contributed by atoms with van der Waals surface area (Å²) in [5, 5.41) is 24.2. The average molecular weight is 444 g/mol. The molecule has 0 saturated heterocycles. The van der Waals surface area contributed by atoms with Crippen LogP contribution in [0.2, 0.25) is 0 Å². The van der Waals surface area contributed by atoms with E-state index < -0.39 is 17.9 Å². The van der Waals surface area contributed by atoms with Crippen molar-refractivity contribution in [2.24, 2.45) is 0 Å². The molecular formula is C26H24N2O5. The van der Waals surface area contributed by atoms with Crippen LogP contribution in [0.5, 0.6) is 5.75 Å². The molecule has 7 nitrogen and oxygen atoms in total. The number of amides is 2. The Morgan fingerprint density at radius 2 is 1.58 bits per heavy atom. The summed E-state index contributed by atoms with van der Waals surface area (Å²) in [6.45, 7) is 1.33. The van der Waals surface area contributed by atoms with Gasteiger partial charge < -0.3 is 20.8 Å². The number of phenols is 1. The first kappa shape index (κ1) is 23.3. The highest BCUT2D eigenvalue weighted by Gasteiger charge is 2.20. The second-order valence-corrected chi connectivity index (χ2v) is 7.46. The summed E-state index contributed by atoms with van der Waals surface area (Å²) in [7, 11) is 0. The quantitative estimate of drug-likeness (QED) is 0.396. The SMILES string of the molecule is CC(=O)N[C@@H](Cc1ccc(O)cc1)C(=O)Nc1cccc(/C(=C/C(=O)O)c2ccccc2)c1. The van der Waals surface area contributed by atoms with Gasteiger partial charge in [-0.15, -0.1) is 0 Å². The molecule has 0 aromatic heterocycles. The van der Waals surface area contributed by atoms with Crippen molar-refractivity contribution >= 4 is 29.0 Å². The van der Waals surface area contributed by atoms with E-state index in [1.54, 1.807) is 36.4 Å². The first-order valence-corrected chi connectivity index (χ1v) is 10.3. The zero-order valence-corrected chi connectivity index (χ0v) is 18.0. The molecule has 0 unspecified atom stereocenters. The van der Waals surface area contributed by atoms with Gasteiger partial charge in [0.05, 0.1) is 0 Å². The third-order valence-corrected chi connectivity index (χ3v) is 4.86. The largest absolute Gasteiger partial charge is 0.508 e. The minimum Gasteiger partial charge on any atom is -0.508 e. The summed E-state index contributed by atoms with van der Waals surface area (Å²) in [6.07, 6.45) is 1.36. The molecule has 3 aromatic rings. The van der Waals surface area contributed by atoms with E-state index in [1.165, 1.54) is 19.1 Å². The van der Waals surface area contributed by atoms with Crippen molar-refractivity contribution in [2.75, 3.05) is 5.32 Å². The Balaban J connectivity index is 1.84. The summed E-state index contributed by atoms with van der Waals surface area (Å²) in [4.78, 5) is 36.0. The van der Waals surface area contributed by atoms with E-state index in [0.29, 0.717) is 16.8 Å². The number of aliphatic carboxylic acids is 1. The fraction of sp³-hybridized carbons (Fsp3) is 0.115. The summed E-state index contributed by atoms with van der Waals surface area (Å²) in [5.41, 5.74) is 3.08. The van der Waals surface area contributed by atoms with Crippen molar-refractivity contribution in [3.63, 3.8) is 0 Å². The van der Waals surface area contributed by atoms with Gasteiger partial charge in [-0.05, 0) is 46.5 Å². The van der Waals surface area contributed by atoms with Crippen LogP contribution in [-0.2, 0) is 20.8 Å². The van der Waals surface area contributed by atoms with E-state index in [1.807, 2.05) is 30.3 Å². The van der Waals surface area contributed by atoms with Crippen LogP contribution in [0, 0.1) is 0 Å². The highest BCUT2D eigenvalue weighted by Crippen LogP contribution is 2.26. The van der Waals surface area contributed by atoms with Gasteiger partial charge in [-0.3, -0.25) is 9.59 Å². The van der Waals surface area contributed by atoms with E-state index in [4.69, 9.17) is 0 Å². The summed E-state index contributed by atoms with van der Waals surface area (Å²) in [5.74, 6) is -1.74. The van der Waals surface area contributed by atoms with Crippen LogP contribution < -0.4 is 10.6 Å². The highest BCUT2D eigenvalue weighted by atomic mass is 16.4. The van der Waals surface area contributed by atoms with Gasteiger partial charge in [0.15, 0.2) is 0 Å². The number of carbonyl (C=O) groups is 3. The third-order valence-electron chi connectivity index (χ3n) is 4.86. The lowest BCUT2D eigenvalue weighted by atomic mass is 9.97. The first-order valence-electron chi connectivity index (χ1n) is 10.3. The lowest BCUT2D eigenvalue weighted by Gasteiger charge is -2.18. The van der Waals surface area contributed by atoms with Crippen LogP contribution >= 0.6 is 0 Å². The molecule has 0 spiro atoms. The maximum atomic E-state index is 13.0. The molecule has 168 valence electrons. The third kappa shape index (κ3) is 6.80. The molecule has 1 atom stereocenters. The van der Waals surface area contributed by atoms with Crippen molar-refractivity contribution in [1.82, 2.24) is 5.32 Å². The number of rotatable bonds is 8. The van der Waals surface area contributed by atoms with Gasteiger partial charge in [0.1, 0.15) is 11.8 Å². The van der Waals surface area contributed by atoms with Gasteiger partial charge >= 0.3 is 5.97 Å². The molecule has 2 amide bonds. The number of nitrogens with one attached hydrogen (secondary N) is 2. The molecule has 0 aliphatic rings. The molecule has 33 heavy (non-hydrogen) atoms. The Kier molecular flexibility index (Phi) is 7.60. The van der Waals surface area contributed by atoms with Crippen molar-refractivity contribution in [3.8, 4) is 5.75 Å². The maximum absolute atomic E-state index is 13.0. The van der Waals surface area contributed by atoms with Gasteiger partial charge in [-0.2, -0.15) is 0 Å². The number of phenolic OH excluding ortho intramolecular Hbond substituents is 1. The normalized spacial score (nSPS) is 12.0. The van der Waals surface area contributed by atoms with Crippen LogP contribution in [0.25, 0.3) is 5.57 Å². The van der Waals surface area contributed by atoms with Crippen molar-refractivity contribution in [2.45, 2.75) is 19.4 Å². The summed E-state index contributed by atoms with van der Waals surface area (Å²) in [6, 6.07) is 21.5. The van der Waals surface area contributed by atoms with Gasteiger partial charge in [0.2, 0.25) is 11.8 Å². The number of benzene rings is 3. The Hall–Kier alpha value is -4.39. The summed E-state index contributed by atoms with van der Waals surface area (Å²) < 4.78 is 0. The molecule has 3 aromatic carbocycles. The molecule has 0 aliphatic carbocycles. The van der Waals surface area contributed by atoms with Crippen LogP contribution in [-0.4, -0.2) is 34.0 Å². The number of carboxylic acids is 1. The van der Waals surface area contributed by atoms with Crippen LogP contribution in [0.4, 0.5) is 5.69 Å². The fourth-order valence-corrected chi connectivity index (χ4v) is 3.39. The minimum absolute atomic E-state index is 0.111. The maximum Gasteiger partial charge on any atom is 0.328 e. The minimum atomic E-state index is -1.08. The molecule has 0 heterocycles. The van der Waals surface area contributed by atoms with Gasteiger partial charge in [-0.25, -0.2) is 4.79 Å². The van der Waals surface area contributed by atoms with Gasteiger partial charge in [-0.1, -0.05) is 54.6 Å². The smallest absolute Gasteiger partial charge is 0.328 e. The number of carboxylic acid groups (broad SMARTS) is 1. The van der Waals surface area contributed by atoms with Crippen molar-refractivity contribution < 1.29 is 24.6 Å². The van der Waals surface area contributed by atoms with Crippen molar-refractivity contribution in [1.29, 1.82) is 0 Å². The second-order valence-electron chi connectivity index (χ2n) is 7.46. The zero-order valence-electron chi connectivity index (χ0n) is 18.0. The monoisotopic (exact) mass is 444 g/mol. The van der Waals surface area contributed by atoms with Gasteiger partial charge in [0, 0.05) is 25.1 Å². The van der Waals surface area contributed by atoms with E-state index in [9.17, 15) is 24.6 Å². The lowest BCUT2D eigenvalue weighted by Crippen LogP contribution is -2.44. The predicted molar refractivity (Wildman–Crippen MR) is 126 cm³/mol. The molecule has 0 radical (unpaired) electrons. The van der Waals surface area contributed by atoms with Gasteiger partial charge in [0.25, 0.3) is 0 Å². The standard InChI is InChI=1S/C26H24N2O5/c1-17(29)27-24(14-18-10-12-22(30)13-11-18)26(33)28-21-9-5-8-20(15-21)23(16-25(31)32)19-6-3-2-4-7-19/h2-13,15-16,24,30H,14H2,1H3,(H,27,29)(H,28,33)(H,31,32)/b23-16+/t24-/m0/s1. The van der Waals surface area contributed by atoms with Crippen LogP contribution in [0.15, 0.2) is 84.9 Å². The first-order chi connectivity index (χ1) is 15.8. The lowest BCUT2D eigenvalue weighted by molar-refractivity contribution is -0.131. The zero-order chi connectivity index (χ0) is 23.8. The molecule has 0 saturated carbocycles. The van der Waals surface area contributed by atoms with E-state index in [-0.39, 0.29) is 18.1 Å². The number of aromatic hydroxyl groups is 1. The fourth-order valence-electron chi connectivity index (χ4n) is 3.39. The summed E-state index contributed by atoms with van der Waals surface area (Å²) >= 11 is 0. The molecular weight excluding hydrogens is 420 g/mol. The molecule has 3 rings (SSSR count). The van der Waals surface area contributed by atoms with Crippen LogP contribution in [0.3, 0.4) is 0 Å². The van der Waals surface area contributed by atoms with E-state index in [0.717, 1.165) is 17.2 Å². The molecule has 4 N–H and O–H groups in total. The Morgan fingerprint density at radius 1 is 0.909 bits per heavy atom. The molecule has 0 aliphatic heterocycles. The van der Waals surface area contributed by atoms with E-state index in [2.05, 4.69) is 10.6 Å². The number of anilines is 1. The Morgan fingerprint density at radius 3 is 2.21 bits per heavy atom. The number of hydrogen-bond donors (Lipinski definition) is 4. The molecule has 0 bridgehead atoms. The average Bonchev–Trinajstić information content (AvgIpc) is 2.79. The predicted octanol–water partition coefficient (Wildman–Crippen LogP) is 3.59. The Bertz CT molecular complexity index is 1170. The molecule has 7 heteroatoms. The topological polar surface area (TPSA) is 116 Å². The van der Waals surface area contributed by atoms with Crippen LogP contribution in [0.1, 0.15) is 23.6 Å². The van der Waals surface area contributed by atoms with Crippen molar-refractivity contribution in [3.05, 3.63) is 102 Å². The Labute approximate surface area is 191 Å². The number of carbonyl (C=O) groups excluding carboxylic acids is 2. The second kappa shape index (κ2) is 10.8.